The van der Waals surface area contributed by atoms with Crippen molar-refractivity contribution in [1.29, 1.82) is 0 Å². The Kier molecular flexibility index (Phi) is 3.24. The van der Waals surface area contributed by atoms with Crippen LogP contribution in [0.15, 0.2) is 18.2 Å². The van der Waals surface area contributed by atoms with Crippen molar-refractivity contribution in [1.82, 2.24) is 10.9 Å². The minimum atomic E-state index is -0.337. The molecular weight excluding hydrogens is 320 g/mol. The van der Waals surface area contributed by atoms with E-state index in [-0.39, 0.29) is 24.0 Å². The van der Waals surface area contributed by atoms with Crippen LogP contribution in [0, 0.1) is 23.2 Å². The number of benzene rings is 1. The topological polar surface area (TPSA) is 76.7 Å². The molecule has 1 heterocycles. The van der Waals surface area contributed by atoms with Gasteiger partial charge in [-0.2, -0.15) is 0 Å². The molecule has 1 aromatic rings. The molecule has 132 valence electrons. The van der Waals surface area contributed by atoms with E-state index in [0.29, 0.717) is 34.8 Å². The first-order valence-electron chi connectivity index (χ1n) is 9.12. The lowest BCUT2D eigenvalue weighted by Gasteiger charge is -2.55. The number of hydrogen-bond acceptors (Lipinski definition) is 4. The number of rotatable bonds is 2. The van der Waals surface area contributed by atoms with Crippen LogP contribution in [0.4, 0.5) is 0 Å². The summed E-state index contributed by atoms with van der Waals surface area (Å²) in [5, 5.41) is 0. The zero-order valence-electron chi connectivity index (χ0n) is 14.0. The Morgan fingerprint density at radius 2 is 1.56 bits per heavy atom. The number of carbonyl (C=O) groups excluding carboxylic acids is 2. The summed E-state index contributed by atoms with van der Waals surface area (Å²) >= 11 is 0. The molecule has 0 radical (unpaired) electrons. The Morgan fingerprint density at radius 3 is 2.24 bits per heavy atom. The lowest BCUT2D eigenvalue weighted by molar-refractivity contribution is -0.147. The summed E-state index contributed by atoms with van der Waals surface area (Å²) in [4.78, 5) is 25.2. The summed E-state index contributed by atoms with van der Waals surface area (Å²) in [7, 11) is 0. The van der Waals surface area contributed by atoms with Crippen molar-refractivity contribution < 1.29 is 19.1 Å². The van der Waals surface area contributed by atoms with E-state index in [4.69, 9.17) is 9.47 Å². The monoisotopic (exact) mass is 342 g/mol. The summed E-state index contributed by atoms with van der Waals surface area (Å²) in [6.07, 6.45) is 6.79. The number of hydrazine groups is 1. The summed E-state index contributed by atoms with van der Waals surface area (Å²) < 4.78 is 10.5. The molecular formula is C19H22N2O4. The molecule has 0 unspecified atom stereocenters. The van der Waals surface area contributed by atoms with Gasteiger partial charge in [0, 0.05) is 5.56 Å². The molecule has 5 aliphatic rings. The van der Waals surface area contributed by atoms with Crippen molar-refractivity contribution in [2.45, 2.75) is 38.5 Å². The van der Waals surface area contributed by atoms with Gasteiger partial charge in [-0.3, -0.25) is 20.4 Å². The SMILES string of the molecule is O=C(NNC(=O)C12CC3CC(CC(C3)C1)C2)c1ccc2c(c1)OCO2. The van der Waals surface area contributed by atoms with Gasteiger partial charge in [0.25, 0.3) is 5.91 Å². The summed E-state index contributed by atoms with van der Waals surface area (Å²) in [5.74, 6) is 2.93. The lowest BCUT2D eigenvalue weighted by Crippen LogP contribution is -2.56. The van der Waals surface area contributed by atoms with Crippen molar-refractivity contribution in [3.8, 4) is 11.5 Å². The molecule has 0 spiro atoms. The van der Waals surface area contributed by atoms with E-state index >= 15 is 0 Å². The molecule has 0 aromatic heterocycles. The highest BCUT2D eigenvalue weighted by Crippen LogP contribution is 2.60. The fourth-order valence-corrected chi connectivity index (χ4v) is 5.74. The zero-order valence-corrected chi connectivity index (χ0v) is 14.0. The van der Waals surface area contributed by atoms with Crippen LogP contribution in [0.25, 0.3) is 0 Å². The highest BCUT2D eigenvalue weighted by atomic mass is 16.7. The van der Waals surface area contributed by atoms with Gasteiger partial charge in [-0.05, 0) is 74.5 Å². The Balaban J connectivity index is 1.25. The van der Waals surface area contributed by atoms with Gasteiger partial charge < -0.3 is 9.47 Å². The third kappa shape index (κ3) is 2.46. The lowest BCUT2D eigenvalue weighted by atomic mass is 9.49. The van der Waals surface area contributed by atoms with Crippen molar-refractivity contribution in [2.75, 3.05) is 6.79 Å². The molecule has 6 rings (SSSR count). The maximum Gasteiger partial charge on any atom is 0.269 e. The number of hydrogen-bond donors (Lipinski definition) is 2. The third-order valence-electron chi connectivity index (χ3n) is 6.44. The summed E-state index contributed by atoms with van der Waals surface area (Å²) in [5.41, 5.74) is 5.45. The Labute approximate surface area is 146 Å². The van der Waals surface area contributed by atoms with Crippen LogP contribution in [0.2, 0.25) is 0 Å². The highest BCUT2D eigenvalue weighted by Gasteiger charge is 2.54. The van der Waals surface area contributed by atoms with E-state index < -0.39 is 0 Å². The van der Waals surface area contributed by atoms with Gasteiger partial charge in [0.15, 0.2) is 11.5 Å². The van der Waals surface area contributed by atoms with E-state index in [1.807, 2.05) is 0 Å². The van der Waals surface area contributed by atoms with Crippen LogP contribution in [-0.4, -0.2) is 18.6 Å². The Bertz CT molecular complexity index is 710. The average Bonchev–Trinajstić information content (AvgIpc) is 3.05. The number of fused-ring (bicyclic) bond motifs is 1. The molecule has 4 aliphatic carbocycles. The average molecular weight is 342 g/mol. The molecule has 4 saturated carbocycles. The molecule has 4 bridgehead atoms. The molecule has 1 aromatic carbocycles. The Morgan fingerprint density at radius 1 is 0.920 bits per heavy atom. The van der Waals surface area contributed by atoms with E-state index in [1.165, 1.54) is 19.3 Å². The van der Waals surface area contributed by atoms with E-state index in [9.17, 15) is 9.59 Å². The first-order chi connectivity index (χ1) is 12.1. The van der Waals surface area contributed by atoms with Crippen LogP contribution in [0.1, 0.15) is 48.9 Å². The van der Waals surface area contributed by atoms with Crippen molar-refractivity contribution >= 4 is 11.8 Å². The molecule has 2 N–H and O–H groups in total. The van der Waals surface area contributed by atoms with Gasteiger partial charge in [-0.15, -0.1) is 0 Å². The van der Waals surface area contributed by atoms with Gasteiger partial charge in [0.05, 0.1) is 5.41 Å². The predicted molar refractivity (Wildman–Crippen MR) is 88.8 cm³/mol. The molecule has 0 atom stereocenters. The predicted octanol–water partition coefficient (Wildman–Crippen LogP) is 2.39. The summed E-state index contributed by atoms with van der Waals surface area (Å²) in [6.45, 7) is 0.170. The van der Waals surface area contributed by atoms with Gasteiger partial charge >= 0.3 is 0 Å². The van der Waals surface area contributed by atoms with Crippen molar-refractivity contribution in [3.63, 3.8) is 0 Å². The summed E-state index contributed by atoms with van der Waals surface area (Å²) in [6, 6.07) is 5.01. The molecule has 0 saturated heterocycles. The molecule has 2 amide bonds. The van der Waals surface area contributed by atoms with Crippen LogP contribution in [0.3, 0.4) is 0 Å². The number of amides is 2. The molecule has 25 heavy (non-hydrogen) atoms. The van der Waals surface area contributed by atoms with Crippen LogP contribution in [-0.2, 0) is 4.79 Å². The second-order valence-electron chi connectivity index (χ2n) is 8.17. The van der Waals surface area contributed by atoms with Crippen LogP contribution in [0.5, 0.6) is 11.5 Å². The second-order valence-corrected chi connectivity index (χ2v) is 8.17. The first-order valence-corrected chi connectivity index (χ1v) is 9.12. The molecule has 4 fully saturated rings. The van der Waals surface area contributed by atoms with Gasteiger partial charge in [-0.1, -0.05) is 0 Å². The number of carbonyl (C=O) groups is 2. The number of ether oxygens (including phenoxy) is 2. The zero-order chi connectivity index (χ0) is 17.0. The van der Waals surface area contributed by atoms with Crippen molar-refractivity contribution in [3.05, 3.63) is 23.8 Å². The maximum atomic E-state index is 12.8. The standard InChI is InChI=1S/C19H22N2O4/c22-17(14-1-2-15-16(6-14)25-10-24-15)20-21-18(23)19-7-11-3-12(8-19)5-13(4-11)9-19/h1-2,6,11-13H,3-5,7-10H2,(H,20,22)(H,21,23). The largest absolute Gasteiger partial charge is 0.454 e. The first kappa shape index (κ1) is 15.0. The van der Waals surface area contributed by atoms with Gasteiger partial charge in [0.2, 0.25) is 12.7 Å². The van der Waals surface area contributed by atoms with Gasteiger partial charge in [-0.25, -0.2) is 0 Å². The van der Waals surface area contributed by atoms with Crippen LogP contribution < -0.4 is 20.3 Å². The molecule has 1 aliphatic heterocycles. The van der Waals surface area contributed by atoms with Crippen LogP contribution >= 0.6 is 0 Å². The van der Waals surface area contributed by atoms with Crippen molar-refractivity contribution in [2.24, 2.45) is 23.2 Å². The number of nitrogens with one attached hydrogen (secondary N) is 2. The minimum Gasteiger partial charge on any atom is -0.454 e. The second kappa shape index (κ2) is 5.38. The van der Waals surface area contributed by atoms with E-state index in [0.717, 1.165) is 19.3 Å². The molecule has 6 heteroatoms. The van der Waals surface area contributed by atoms with Gasteiger partial charge in [0.1, 0.15) is 0 Å². The smallest absolute Gasteiger partial charge is 0.269 e. The normalized spacial score (nSPS) is 34.0. The Hall–Kier alpha value is -2.24. The third-order valence-corrected chi connectivity index (χ3v) is 6.44. The quantitative estimate of drug-likeness (QED) is 0.809. The molecule has 6 nitrogen and oxygen atoms in total. The van der Waals surface area contributed by atoms with E-state index in [1.54, 1.807) is 18.2 Å². The maximum absolute atomic E-state index is 12.8. The van der Waals surface area contributed by atoms with E-state index in [2.05, 4.69) is 10.9 Å². The fourth-order valence-electron chi connectivity index (χ4n) is 5.74. The highest BCUT2D eigenvalue weighted by molar-refractivity contribution is 5.96. The minimum absolute atomic E-state index is 0.0132. The fraction of sp³-hybridized carbons (Fsp3) is 0.579.